The molecule has 4 rings (SSSR count). The molecular formula is C25H22O. The Morgan fingerprint density at radius 3 is 1.88 bits per heavy atom. The molecular weight excluding hydrogens is 316 g/mol. The number of rotatable bonds is 3. The van der Waals surface area contributed by atoms with E-state index >= 15 is 0 Å². The lowest BCUT2D eigenvalue weighted by Gasteiger charge is -2.15. The standard InChI is InChI=1S/C25H22O/c1-17-4-9-20(10-5-17)23-15-11-21-16-19(3)8-14-24(21)25(23)26-22-12-6-18(2)7-13-22/h4-16H,1-3H3. The molecule has 0 aliphatic heterocycles. The van der Waals surface area contributed by atoms with E-state index in [4.69, 9.17) is 4.74 Å². The van der Waals surface area contributed by atoms with Crippen LogP contribution in [0, 0.1) is 20.8 Å². The second kappa shape index (κ2) is 6.68. The van der Waals surface area contributed by atoms with Crippen LogP contribution in [0.25, 0.3) is 21.9 Å². The maximum absolute atomic E-state index is 6.40. The molecule has 0 aliphatic rings. The van der Waals surface area contributed by atoms with Gasteiger partial charge in [0, 0.05) is 10.9 Å². The number of ether oxygens (including phenoxy) is 1. The van der Waals surface area contributed by atoms with Gasteiger partial charge in [0.15, 0.2) is 0 Å². The molecule has 0 fully saturated rings. The molecule has 0 spiro atoms. The Hall–Kier alpha value is -3.06. The first-order valence-corrected chi connectivity index (χ1v) is 8.95. The van der Waals surface area contributed by atoms with Crippen molar-refractivity contribution in [1.29, 1.82) is 0 Å². The van der Waals surface area contributed by atoms with Crippen LogP contribution >= 0.6 is 0 Å². The van der Waals surface area contributed by atoms with E-state index in [0.29, 0.717) is 0 Å². The van der Waals surface area contributed by atoms with Gasteiger partial charge in [0.05, 0.1) is 0 Å². The summed E-state index contributed by atoms with van der Waals surface area (Å²) in [7, 11) is 0. The summed E-state index contributed by atoms with van der Waals surface area (Å²) in [6.07, 6.45) is 0. The van der Waals surface area contributed by atoms with E-state index in [9.17, 15) is 0 Å². The summed E-state index contributed by atoms with van der Waals surface area (Å²) in [5, 5.41) is 2.33. The summed E-state index contributed by atoms with van der Waals surface area (Å²) in [6, 6.07) is 27.7. The highest BCUT2D eigenvalue weighted by atomic mass is 16.5. The maximum atomic E-state index is 6.40. The van der Waals surface area contributed by atoms with Crippen LogP contribution in [0.2, 0.25) is 0 Å². The Labute approximate surface area is 154 Å². The van der Waals surface area contributed by atoms with Crippen molar-refractivity contribution in [1.82, 2.24) is 0 Å². The van der Waals surface area contributed by atoms with Gasteiger partial charge in [-0.05, 0) is 49.9 Å². The van der Waals surface area contributed by atoms with Crippen molar-refractivity contribution >= 4 is 10.8 Å². The number of fused-ring (bicyclic) bond motifs is 1. The lowest BCUT2D eigenvalue weighted by Crippen LogP contribution is -1.91. The molecule has 0 saturated heterocycles. The van der Waals surface area contributed by atoms with E-state index in [0.717, 1.165) is 22.4 Å². The smallest absolute Gasteiger partial charge is 0.143 e. The minimum Gasteiger partial charge on any atom is -0.456 e. The molecule has 0 N–H and O–H groups in total. The van der Waals surface area contributed by atoms with Crippen molar-refractivity contribution < 1.29 is 4.74 Å². The number of benzene rings is 4. The number of hydrogen-bond acceptors (Lipinski definition) is 1. The predicted molar refractivity (Wildman–Crippen MR) is 110 cm³/mol. The number of hydrogen-bond donors (Lipinski definition) is 0. The Balaban J connectivity index is 1.91. The molecule has 0 unspecified atom stereocenters. The van der Waals surface area contributed by atoms with Crippen molar-refractivity contribution in [3.8, 4) is 22.6 Å². The molecule has 0 saturated carbocycles. The highest BCUT2D eigenvalue weighted by Crippen LogP contribution is 2.40. The van der Waals surface area contributed by atoms with Crippen LogP contribution < -0.4 is 4.74 Å². The molecule has 0 heterocycles. The van der Waals surface area contributed by atoms with Crippen LogP contribution in [0.15, 0.2) is 78.9 Å². The van der Waals surface area contributed by atoms with Crippen LogP contribution in [-0.2, 0) is 0 Å². The molecule has 1 nitrogen and oxygen atoms in total. The van der Waals surface area contributed by atoms with Crippen LogP contribution in [0.4, 0.5) is 0 Å². The van der Waals surface area contributed by atoms with Gasteiger partial charge < -0.3 is 4.74 Å². The average molecular weight is 338 g/mol. The third-order valence-electron chi connectivity index (χ3n) is 4.73. The zero-order valence-electron chi connectivity index (χ0n) is 15.4. The molecule has 0 radical (unpaired) electrons. The van der Waals surface area contributed by atoms with Gasteiger partial charge in [0.25, 0.3) is 0 Å². The summed E-state index contributed by atoms with van der Waals surface area (Å²) in [4.78, 5) is 0. The van der Waals surface area contributed by atoms with Gasteiger partial charge in [-0.2, -0.15) is 0 Å². The van der Waals surface area contributed by atoms with Crippen molar-refractivity contribution in [2.45, 2.75) is 20.8 Å². The largest absolute Gasteiger partial charge is 0.456 e. The highest BCUT2D eigenvalue weighted by molar-refractivity contribution is 5.95. The van der Waals surface area contributed by atoms with Gasteiger partial charge in [-0.15, -0.1) is 0 Å². The van der Waals surface area contributed by atoms with Gasteiger partial charge in [0.2, 0.25) is 0 Å². The Morgan fingerprint density at radius 1 is 0.577 bits per heavy atom. The summed E-state index contributed by atoms with van der Waals surface area (Å²) in [6.45, 7) is 6.31. The zero-order valence-corrected chi connectivity index (χ0v) is 15.4. The molecule has 128 valence electrons. The zero-order chi connectivity index (χ0) is 18.1. The second-order valence-electron chi connectivity index (χ2n) is 6.95. The number of aryl methyl sites for hydroxylation is 3. The van der Waals surface area contributed by atoms with Gasteiger partial charge >= 0.3 is 0 Å². The van der Waals surface area contributed by atoms with Gasteiger partial charge in [0.1, 0.15) is 11.5 Å². The first-order chi connectivity index (χ1) is 12.6. The molecule has 0 atom stereocenters. The molecule has 0 aromatic heterocycles. The second-order valence-corrected chi connectivity index (χ2v) is 6.95. The van der Waals surface area contributed by atoms with Crippen LogP contribution in [0.3, 0.4) is 0 Å². The van der Waals surface area contributed by atoms with Crippen molar-refractivity contribution in [3.63, 3.8) is 0 Å². The first kappa shape index (κ1) is 16.4. The van der Waals surface area contributed by atoms with Crippen LogP contribution in [-0.4, -0.2) is 0 Å². The molecule has 0 bridgehead atoms. The van der Waals surface area contributed by atoms with Gasteiger partial charge in [-0.25, -0.2) is 0 Å². The Kier molecular flexibility index (Phi) is 4.22. The normalized spacial score (nSPS) is 10.9. The van der Waals surface area contributed by atoms with Crippen LogP contribution in [0.5, 0.6) is 11.5 Å². The molecule has 0 amide bonds. The fraction of sp³-hybridized carbons (Fsp3) is 0.120. The lowest BCUT2D eigenvalue weighted by atomic mass is 9.98. The third kappa shape index (κ3) is 3.21. The quantitative estimate of drug-likeness (QED) is 0.383. The van der Waals surface area contributed by atoms with Gasteiger partial charge in [-0.3, -0.25) is 0 Å². The topological polar surface area (TPSA) is 9.23 Å². The Morgan fingerprint density at radius 2 is 1.19 bits per heavy atom. The molecule has 1 heteroatoms. The highest BCUT2D eigenvalue weighted by Gasteiger charge is 2.12. The summed E-state index contributed by atoms with van der Waals surface area (Å²) in [5.74, 6) is 1.77. The average Bonchev–Trinajstić information content (AvgIpc) is 2.64. The summed E-state index contributed by atoms with van der Waals surface area (Å²) in [5.41, 5.74) is 6.01. The SMILES string of the molecule is Cc1ccc(Oc2c(-c3ccc(C)cc3)ccc3cc(C)ccc23)cc1. The maximum Gasteiger partial charge on any atom is 0.143 e. The van der Waals surface area contributed by atoms with Crippen molar-refractivity contribution in [2.75, 3.05) is 0 Å². The third-order valence-corrected chi connectivity index (χ3v) is 4.73. The van der Waals surface area contributed by atoms with E-state index in [-0.39, 0.29) is 0 Å². The van der Waals surface area contributed by atoms with Crippen molar-refractivity contribution in [3.05, 3.63) is 95.6 Å². The van der Waals surface area contributed by atoms with Gasteiger partial charge in [-0.1, -0.05) is 77.4 Å². The molecule has 26 heavy (non-hydrogen) atoms. The lowest BCUT2D eigenvalue weighted by molar-refractivity contribution is 0.490. The predicted octanol–water partition coefficient (Wildman–Crippen LogP) is 7.22. The minimum atomic E-state index is 0.858. The van der Waals surface area contributed by atoms with Crippen LogP contribution in [0.1, 0.15) is 16.7 Å². The van der Waals surface area contributed by atoms with E-state index in [1.165, 1.54) is 27.6 Å². The molecule has 4 aromatic rings. The molecule has 4 aromatic carbocycles. The fourth-order valence-electron chi connectivity index (χ4n) is 3.22. The summed E-state index contributed by atoms with van der Waals surface area (Å²) >= 11 is 0. The monoisotopic (exact) mass is 338 g/mol. The fourth-order valence-corrected chi connectivity index (χ4v) is 3.22. The van der Waals surface area contributed by atoms with E-state index < -0.39 is 0 Å². The van der Waals surface area contributed by atoms with E-state index in [2.05, 4.69) is 87.5 Å². The van der Waals surface area contributed by atoms with E-state index in [1.807, 2.05) is 12.1 Å². The molecule has 0 aliphatic carbocycles. The Bertz CT molecular complexity index is 1060. The van der Waals surface area contributed by atoms with Crippen molar-refractivity contribution in [2.24, 2.45) is 0 Å². The van der Waals surface area contributed by atoms with E-state index in [1.54, 1.807) is 0 Å². The minimum absolute atomic E-state index is 0.858. The summed E-state index contributed by atoms with van der Waals surface area (Å²) < 4.78 is 6.40. The first-order valence-electron chi connectivity index (χ1n) is 8.95.